The van der Waals surface area contributed by atoms with Gasteiger partial charge in [0.15, 0.2) is 11.2 Å². The van der Waals surface area contributed by atoms with E-state index < -0.39 is 0 Å². The number of fused-ring (bicyclic) bond motifs is 1. The number of aromatic amines is 1. The lowest BCUT2D eigenvalue weighted by Gasteiger charge is -2.11. The highest BCUT2D eigenvalue weighted by Crippen LogP contribution is 2.22. The second kappa shape index (κ2) is 4.55. The summed E-state index contributed by atoms with van der Waals surface area (Å²) in [6.45, 7) is 0.603. The Kier molecular flexibility index (Phi) is 2.87. The van der Waals surface area contributed by atoms with Crippen LogP contribution in [0.15, 0.2) is 33.9 Å². The molecule has 0 aromatic carbocycles. The van der Waals surface area contributed by atoms with Crippen molar-refractivity contribution in [2.45, 2.75) is 19.4 Å². The van der Waals surface area contributed by atoms with E-state index in [1.54, 1.807) is 10.9 Å². The normalized spacial score (nSPS) is 15.4. The van der Waals surface area contributed by atoms with Crippen molar-refractivity contribution in [3.8, 4) is 0 Å². The lowest BCUT2D eigenvalue weighted by molar-refractivity contribution is 0.750. The molecule has 0 spiro atoms. The molecular formula is C12H12ClN5O. The first-order valence-corrected chi connectivity index (χ1v) is 6.26. The van der Waals surface area contributed by atoms with Gasteiger partial charge in [-0.05, 0) is 18.9 Å². The maximum Gasteiger partial charge on any atom is 0.278 e. The molecule has 3 rings (SSSR count). The van der Waals surface area contributed by atoms with E-state index in [9.17, 15) is 4.79 Å². The molecule has 3 N–H and O–H groups in total. The summed E-state index contributed by atoms with van der Waals surface area (Å²) in [6, 6.07) is 0. The fourth-order valence-corrected chi connectivity index (χ4v) is 2.29. The summed E-state index contributed by atoms with van der Waals surface area (Å²) in [6.07, 6.45) is 7.20. The Morgan fingerprint density at radius 2 is 2.26 bits per heavy atom. The molecule has 2 aromatic rings. The minimum Gasteiger partial charge on any atom is -0.369 e. The van der Waals surface area contributed by atoms with Crippen molar-refractivity contribution in [1.82, 2.24) is 19.5 Å². The van der Waals surface area contributed by atoms with E-state index in [0.29, 0.717) is 17.7 Å². The maximum absolute atomic E-state index is 11.9. The molecule has 1 aliphatic carbocycles. The monoisotopic (exact) mass is 277 g/mol. The molecule has 0 saturated heterocycles. The Hall–Kier alpha value is -2.08. The van der Waals surface area contributed by atoms with Gasteiger partial charge < -0.3 is 10.3 Å². The van der Waals surface area contributed by atoms with Crippen LogP contribution in [0.3, 0.4) is 0 Å². The number of imidazole rings is 1. The molecular weight excluding hydrogens is 266 g/mol. The Bertz CT molecular complexity index is 755. The van der Waals surface area contributed by atoms with Gasteiger partial charge in [-0.25, -0.2) is 4.98 Å². The fraction of sp³-hybridized carbons (Fsp3) is 0.250. The zero-order chi connectivity index (χ0) is 13.4. The Balaban J connectivity index is 2.01. The van der Waals surface area contributed by atoms with Gasteiger partial charge in [0.25, 0.3) is 5.56 Å². The van der Waals surface area contributed by atoms with Crippen molar-refractivity contribution in [1.29, 1.82) is 0 Å². The summed E-state index contributed by atoms with van der Waals surface area (Å²) in [4.78, 5) is 22.5. The molecule has 19 heavy (non-hydrogen) atoms. The minimum absolute atomic E-state index is 0.0781. The lowest BCUT2D eigenvalue weighted by atomic mass is 10.1. The van der Waals surface area contributed by atoms with E-state index >= 15 is 0 Å². The van der Waals surface area contributed by atoms with Gasteiger partial charge in [-0.3, -0.25) is 9.78 Å². The molecule has 6 nitrogen and oxygen atoms in total. The minimum atomic E-state index is -0.273. The van der Waals surface area contributed by atoms with E-state index in [1.807, 2.05) is 12.2 Å². The largest absolute Gasteiger partial charge is 0.369 e. The van der Waals surface area contributed by atoms with Crippen LogP contribution in [0.1, 0.15) is 12.8 Å². The molecule has 0 fully saturated rings. The highest BCUT2D eigenvalue weighted by Gasteiger charge is 2.12. The van der Waals surface area contributed by atoms with E-state index in [2.05, 4.69) is 15.0 Å². The Labute approximate surface area is 113 Å². The van der Waals surface area contributed by atoms with Gasteiger partial charge >= 0.3 is 0 Å². The first kappa shape index (κ1) is 12.0. The summed E-state index contributed by atoms with van der Waals surface area (Å²) >= 11 is 5.92. The quantitative estimate of drug-likeness (QED) is 0.871. The van der Waals surface area contributed by atoms with Gasteiger partial charge in [0.05, 0.1) is 6.33 Å². The second-order valence-electron chi connectivity index (χ2n) is 4.43. The smallest absolute Gasteiger partial charge is 0.278 e. The number of nitrogen functional groups attached to an aromatic ring is 1. The zero-order valence-electron chi connectivity index (χ0n) is 10.1. The topological polar surface area (TPSA) is 89.6 Å². The number of hydrogen-bond donors (Lipinski definition) is 2. The van der Waals surface area contributed by atoms with E-state index in [-0.39, 0.29) is 11.5 Å². The number of aromatic nitrogens is 4. The van der Waals surface area contributed by atoms with Crippen molar-refractivity contribution >= 4 is 28.7 Å². The Morgan fingerprint density at radius 1 is 1.42 bits per heavy atom. The summed E-state index contributed by atoms with van der Waals surface area (Å²) in [5.74, 6) is 0.0781. The zero-order valence-corrected chi connectivity index (χ0v) is 10.8. The van der Waals surface area contributed by atoms with Crippen LogP contribution in [-0.2, 0) is 6.54 Å². The Morgan fingerprint density at radius 3 is 3.00 bits per heavy atom. The first-order chi connectivity index (χ1) is 9.13. The summed E-state index contributed by atoms with van der Waals surface area (Å²) in [5.41, 5.74) is 7.21. The van der Waals surface area contributed by atoms with Crippen LogP contribution in [-0.4, -0.2) is 19.5 Å². The van der Waals surface area contributed by atoms with Gasteiger partial charge in [-0.15, -0.1) is 0 Å². The van der Waals surface area contributed by atoms with Gasteiger partial charge in [0, 0.05) is 11.6 Å². The predicted molar refractivity (Wildman–Crippen MR) is 73.8 cm³/mol. The summed E-state index contributed by atoms with van der Waals surface area (Å²) in [7, 11) is 0. The molecule has 0 aliphatic heterocycles. The number of rotatable bonds is 2. The number of H-pyrrole nitrogens is 1. The predicted octanol–water partition coefficient (Wildman–Crippen LogP) is 1.54. The van der Waals surface area contributed by atoms with Gasteiger partial charge in [0.2, 0.25) is 5.95 Å². The van der Waals surface area contributed by atoms with Crippen molar-refractivity contribution < 1.29 is 0 Å². The van der Waals surface area contributed by atoms with E-state index in [4.69, 9.17) is 17.3 Å². The molecule has 2 heterocycles. The third-order valence-electron chi connectivity index (χ3n) is 3.06. The number of halogens is 1. The van der Waals surface area contributed by atoms with Crippen molar-refractivity contribution in [3.05, 3.63) is 39.4 Å². The molecule has 0 saturated carbocycles. The maximum atomic E-state index is 11.9. The van der Waals surface area contributed by atoms with Crippen molar-refractivity contribution in [3.63, 3.8) is 0 Å². The molecule has 0 bridgehead atoms. The fourth-order valence-electron chi connectivity index (χ4n) is 2.13. The number of nitrogens with one attached hydrogen (secondary N) is 1. The summed E-state index contributed by atoms with van der Waals surface area (Å²) in [5, 5.41) is 0.853. The van der Waals surface area contributed by atoms with E-state index in [1.165, 1.54) is 5.57 Å². The number of nitrogens with two attached hydrogens (primary N) is 1. The third-order valence-corrected chi connectivity index (χ3v) is 3.37. The molecule has 98 valence electrons. The van der Waals surface area contributed by atoms with Crippen LogP contribution in [0.4, 0.5) is 5.95 Å². The molecule has 0 amide bonds. The molecule has 0 radical (unpaired) electrons. The first-order valence-electron chi connectivity index (χ1n) is 5.88. The number of anilines is 1. The number of allylic oxidation sites excluding steroid dienone is 4. The summed E-state index contributed by atoms with van der Waals surface area (Å²) < 4.78 is 1.78. The van der Waals surface area contributed by atoms with Crippen LogP contribution >= 0.6 is 11.6 Å². The highest BCUT2D eigenvalue weighted by molar-refractivity contribution is 6.29. The van der Waals surface area contributed by atoms with Gasteiger partial charge in [-0.1, -0.05) is 23.3 Å². The van der Waals surface area contributed by atoms with Gasteiger partial charge in [-0.2, -0.15) is 4.98 Å². The molecule has 2 aromatic heterocycles. The lowest BCUT2D eigenvalue weighted by Crippen LogP contribution is -2.15. The molecule has 0 atom stereocenters. The standard InChI is InChI=1S/C12H12ClN5O/c13-8-3-1-7(2-4-8)5-18-6-15-10-9(18)11(19)17-12(14)16-10/h1,3,6H,2,4-5H2,(H3,14,16,17,19). The van der Waals surface area contributed by atoms with Crippen molar-refractivity contribution in [2.75, 3.05) is 5.73 Å². The van der Waals surface area contributed by atoms with E-state index in [0.717, 1.165) is 17.9 Å². The molecule has 1 aliphatic rings. The number of nitrogens with zero attached hydrogens (tertiary/aromatic N) is 3. The highest BCUT2D eigenvalue weighted by atomic mass is 35.5. The van der Waals surface area contributed by atoms with Crippen LogP contribution in [0, 0.1) is 0 Å². The molecule has 0 unspecified atom stereocenters. The SMILES string of the molecule is Nc1nc2ncn(CC3=CC=C(Cl)CC3)c2c(=O)[nH]1. The average Bonchev–Trinajstić information content (AvgIpc) is 2.75. The molecule has 7 heteroatoms. The average molecular weight is 278 g/mol. The van der Waals surface area contributed by atoms with Crippen LogP contribution in [0.25, 0.3) is 11.2 Å². The van der Waals surface area contributed by atoms with Crippen LogP contribution in [0.2, 0.25) is 0 Å². The second-order valence-corrected chi connectivity index (χ2v) is 4.92. The number of hydrogen-bond acceptors (Lipinski definition) is 4. The van der Waals surface area contributed by atoms with Crippen molar-refractivity contribution in [2.24, 2.45) is 0 Å². The van der Waals surface area contributed by atoms with Crippen LogP contribution in [0.5, 0.6) is 0 Å². The third kappa shape index (κ3) is 2.26. The van der Waals surface area contributed by atoms with Crippen LogP contribution < -0.4 is 11.3 Å². The van der Waals surface area contributed by atoms with Gasteiger partial charge in [0.1, 0.15) is 0 Å².